The molecule has 4 nitrogen and oxygen atoms in total. The number of nitrogens with one attached hydrogen (secondary N) is 1. The van der Waals surface area contributed by atoms with Crippen molar-refractivity contribution in [3.05, 3.63) is 17.2 Å². The van der Waals surface area contributed by atoms with Gasteiger partial charge in [-0.1, -0.05) is 11.6 Å². The van der Waals surface area contributed by atoms with E-state index in [2.05, 4.69) is 12.2 Å². The van der Waals surface area contributed by atoms with E-state index in [4.69, 9.17) is 25.8 Å². The zero-order chi connectivity index (χ0) is 13.2. The van der Waals surface area contributed by atoms with Gasteiger partial charge in [0.15, 0.2) is 11.5 Å². The molecule has 0 bridgehead atoms. The first-order chi connectivity index (χ1) is 9.22. The highest BCUT2D eigenvalue weighted by molar-refractivity contribution is 6.33. The summed E-state index contributed by atoms with van der Waals surface area (Å²) in [5, 5.41) is 3.98. The summed E-state index contributed by atoms with van der Waals surface area (Å²) < 4.78 is 16.8. The lowest BCUT2D eigenvalue weighted by Gasteiger charge is -2.21. The standard InChI is InChI=1S/C14H18ClNO3/c1-9-2-3-10(19-9)8-16-12-7-14-13(6-11(12)15)17-4-5-18-14/h6-7,9-10,16H,2-5,8H2,1H3. The third-order valence-electron chi connectivity index (χ3n) is 3.47. The molecule has 3 rings (SSSR count). The zero-order valence-corrected chi connectivity index (χ0v) is 11.7. The van der Waals surface area contributed by atoms with E-state index in [0.717, 1.165) is 30.8 Å². The maximum Gasteiger partial charge on any atom is 0.163 e. The predicted molar refractivity (Wildman–Crippen MR) is 74.5 cm³/mol. The maximum absolute atomic E-state index is 6.24. The summed E-state index contributed by atoms with van der Waals surface area (Å²) in [6, 6.07) is 3.70. The number of hydrogen-bond acceptors (Lipinski definition) is 4. The van der Waals surface area contributed by atoms with Crippen LogP contribution < -0.4 is 14.8 Å². The molecule has 2 heterocycles. The Morgan fingerprint density at radius 3 is 2.63 bits per heavy atom. The van der Waals surface area contributed by atoms with Crippen LogP contribution in [0.15, 0.2) is 12.1 Å². The molecule has 1 fully saturated rings. The van der Waals surface area contributed by atoms with E-state index in [0.29, 0.717) is 30.1 Å². The quantitative estimate of drug-likeness (QED) is 0.925. The molecule has 1 aromatic carbocycles. The van der Waals surface area contributed by atoms with Crippen LogP contribution in [0.5, 0.6) is 11.5 Å². The van der Waals surface area contributed by atoms with Gasteiger partial charge < -0.3 is 19.5 Å². The average molecular weight is 284 g/mol. The van der Waals surface area contributed by atoms with Crippen LogP contribution in [-0.4, -0.2) is 32.0 Å². The van der Waals surface area contributed by atoms with E-state index in [-0.39, 0.29) is 6.10 Å². The molecule has 1 N–H and O–H groups in total. The monoisotopic (exact) mass is 283 g/mol. The number of benzene rings is 1. The van der Waals surface area contributed by atoms with Crippen molar-refractivity contribution >= 4 is 17.3 Å². The van der Waals surface area contributed by atoms with Gasteiger partial charge in [-0.05, 0) is 19.8 Å². The Balaban J connectivity index is 1.67. The van der Waals surface area contributed by atoms with Gasteiger partial charge in [0.05, 0.1) is 22.9 Å². The highest BCUT2D eigenvalue weighted by atomic mass is 35.5. The van der Waals surface area contributed by atoms with Gasteiger partial charge in [-0.15, -0.1) is 0 Å². The first-order valence-electron chi connectivity index (χ1n) is 6.71. The van der Waals surface area contributed by atoms with Gasteiger partial charge in [0.1, 0.15) is 13.2 Å². The minimum atomic E-state index is 0.263. The Kier molecular flexibility index (Phi) is 3.71. The number of halogens is 1. The van der Waals surface area contributed by atoms with Crippen molar-refractivity contribution in [1.82, 2.24) is 0 Å². The third-order valence-corrected chi connectivity index (χ3v) is 3.78. The van der Waals surface area contributed by atoms with Crippen molar-refractivity contribution in [2.75, 3.05) is 25.1 Å². The zero-order valence-electron chi connectivity index (χ0n) is 10.9. The van der Waals surface area contributed by atoms with Gasteiger partial charge in [0, 0.05) is 18.7 Å². The second-order valence-corrected chi connectivity index (χ2v) is 5.41. The Bertz CT molecular complexity index is 466. The smallest absolute Gasteiger partial charge is 0.163 e. The molecule has 0 aliphatic carbocycles. The molecule has 104 valence electrons. The summed E-state index contributed by atoms with van der Waals surface area (Å²) in [5.74, 6) is 1.46. The van der Waals surface area contributed by atoms with Crippen molar-refractivity contribution in [3.63, 3.8) is 0 Å². The Hall–Kier alpha value is -1.13. The van der Waals surface area contributed by atoms with E-state index in [1.807, 2.05) is 6.07 Å². The first kappa shape index (κ1) is 12.9. The third kappa shape index (κ3) is 2.90. The molecular formula is C14H18ClNO3. The molecule has 0 amide bonds. The van der Waals surface area contributed by atoms with E-state index in [1.165, 1.54) is 0 Å². The van der Waals surface area contributed by atoms with Crippen molar-refractivity contribution in [2.24, 2.45) is 0 Å². The lowest BCUT2D eigenvalue weighted by molar-refractivity contribution is 0.0637. The van der Waals surface area contributed by atoms with Gasteiger partial charge in [0.25, 0.3) is 0 Å². The first-order valence-corrected chi connectivity index (χ1v) is 7.08. The summed E-state index contributed by atoms with van der Waals surface area (Å²) in [6.07, 6.45) is 2.85. The second-order valence-electron chi connectivity index (χ2n) is 5.00. The van der Waals surface area contributed by atoms with E-state index < -0.39 is 0 Å². The molecule has 0 saturated carbocycles. The van der Waals surface area contributed by atoms with E-state index in [1.54, 1.807) is 6.07 Å². The Labute approximate surface area is 118 Å². The molecule has 2 aliphatic rings. The highest BCUT2D eigenvalue weighted by Gasteiger charge is 2.22. The SMILES string of the molecule is CC1CCC(CNc2cc3c(cc2Cl)OCCO3)O1. The minimum Gasteiger partial charge on any atom is -0.486 e. The number of rotatable bonds is 3. The Morgan fingerprint density at radius 2 is 1.95 bits per heavy atom. The second kappa shape index (κ2) is 5.47. The average Bonchev–Trinajstić information content (AvgIpc) is 2.82. The van der Waals surface area contributed by atoms with Crippen LogP contribution in [0.1, 0.15) is 19.8 Å². The largest absolute Gasteiger partial charge is 0.486 e. The molecular weight excluding hydrogens is 266 g/mol. The molecule has 2 atom stereocenters. The fourth-order valence-corrected chi connectivity index (χ4v) is 2.68. The van der Waals surface area contributed by atoms with Crippen molar-refractivity contribution in [3.8, 4) is 11.5 Å². The van der Waals surface area contributed by atoms with E-state index in [9.17, 15) is 0 Å². The molecule has 1 saturated heterocycles. The van der Waals surface area contributed by atoms with Crippen LogP contribution in [-0.2, 0) is 4.74 Å². The minimum absolute atomic E-state index is 0.263. The van der Waals surface area contributed by atoms with Crippen LogP contribution in [0.4, 0.5) is 5.69 Å². The van der Waals surface area contributed by atoms with Gasteiger partial charge >= 0.3 is 0 Å². The van der Waals surface area contributed by atoms with Crippen LogP contribution in [0.2, 0.25) is 5.02 Å². The Morgan fingerprint density at radius 1 is 1.21 bits per heavy atom. The van der Waals surface area contributed by atoms with Crippen LogP contribution in [0, 0.1) is 0 Å². The topological polar surface area (TPSA) is 39.7 Å². The van der Waals surface area contributed by atoms with Crippen molar-refractivity contribution < 1.29 is 14.2 Å². The number of fused-ring (bicyclic) bond motifs is 1. The fourth-order valence-electron chi connectivity index (χ4n) is 2.46. The van der Waals surface area contributed by atoms with Crippen molar-refractivity contribution in [2.45, 2.75) is 32.0 Å². The van der Waals surface area contributed by atoms with Gasteiger partial charge in [0.2, 0.25) is 0 Å². The van der Waals surface area contributed by atoms with Gasteiger partial charge in [-0.2, -0.15) is 0 Å². The summed E-state index contributed by atoms with van der Waals surface area (Å²) in [5.41, 5.74) is 0.870. The summed E-state index contributed by atoms with van der Waals surface area (Å²) >= 11 is 6.24. The summed E-state index contributed by atoms with van der Waals surface area (Å²) in [6.45, 7) is 4.03. The van der Waals surface area contributed by atoms with Crippen LogP contribution in [0.25, 0.3) is 0 Å². The molecule has 0 aromatic heterocycles. The van der Waals surface area contributed by atoms with Crippen LogP contribution >= 0.6 is 11.6 Å². The van der Waals surface area contributed by atoms with E-state index >= 15 is 0 Å². The molecule has 1 aromatic rings. The lowest BCUT2D eigenvalue weighted by atomic mass is 10.2. The fraction of sp³-hybridized carbons (Fsp3) is 0.571. The normalized spacial score (nSPS) is 25.4. The molecule has 0 radical (unpaired) electrons. The number of hydrogen-bond donors (Lipinski definition) is 1. The summed E-state index contributed by atoms with van der Waals surface area (Å²) in [7, 11) is 0. The molecule has 2 aliphatic heterocycles. The van der Waals surface area contributed by atoms with Gasteiger partial charge in [-0.25, -0.2) is 0 Å². The molecule has 2 unspecified atom stereocenters. The highest BCUT2D eigenvalue weighted by Crippen LogP contribution is 2.38. The molecule has 0 spiro atoms. The lowest BCUT2D eigenvalue weighted by Crippen LogP contribution is -2.20. The number of anilines is 1. The van der Waals surface area contributed by atoms with Crippen LogP contribution in [0.3, 0.4) is 0 Å². The number of ether oxygens (including phenoxy) is 3. The molecule has 19 heavy (non-hydrogen) atoms. The summed E-state index contributed by atoms with van der Waals surface area (Å²) in [4.78, 5) is 0. The maximum atomic E-state index is 6.24. The van der Waals surface area contributed by atoms with Gasteiger partial charge in [-0.3, -0.25) is 0 Å². The van der Waals surface area contributed by atoms with Crippen molar-refractivity contribution in [1.29, 1.82) is 0 Å². The predicted octanol–water partition coefficient (Wildman–Crippen LogP) is 3.09. The molecule has 5 heteroatoms.